The van der Waals surface area contributed by atoms with Crippen LogP contribution in [0.2, 0.25) is 0 Å². The van der Waals surface area contributed by atoms with Gasteiger partial charge in [-0.25, -0.2) is 13.1 Å². The zero-order valence-corrected chi connectivity index (χ0v) is 9.58. The first kappa shape index (κ1) is 12.9. The van der Waals surface area contributed by atoms with Crippen molar-refractivity contribution < 1.29 is 23.1 Å². The molecule has 0 saturated carbocycles. The second-order valence-corrected chi connectivity index (χ2v) is 5.66. The van der Waals surface area contributed by atoms with E-state index in [9.17, 15) is 18.0 Å². The lowest BCUT2D eigenvalue weighted by Crippen LogP contribution is -2.52. The number of aliphatic carboxylic acids is 1. The van der Waals surface area contributed by atoms with Crippen LogP contribution >= 0.6 is 0 Å². The topological polar surface area (TPSA) is 113 Å². The summed E-state index contributed by atoms with van der Waals surface area (Å²) in [6.45, 7) is 1.58. The Balaban J connectivity index is 2.72. The average Bonchev–Trinajstić information content (AvgIpc) is 2.20. The van der Waals surface area contributed by atoms with Crippen LogP contribution in [0.1, 0.15) is 19.8 Å². The van der Waals surface area contributed by atoms with Crippen molar-refractivity contribution in [2.75, 3.05) is 6.54 Å². The molecule has 1 rings (SSSR count). The molecule has 1 aliphatic heterocycles. The molecule has 1 amide bonds. The number of hydrogen-bond acceptors (Lipinski definition) is 4. The van der Waals surface area contributed by atoms with Crippen molar-refractivity contribution in [3.63, 3.8) is 0 Å². The summed E-state index contributed by atoms with van der Waals surface area (Å²) >= 11 is 0. The molecule has 7 nitrogen and oxygen atoms in total. The molecule has 0 radical (unpaired) electrons. The first-order valence-corrected chi connectivity index (χ1v) is 6.41. The first-order valence-electron chi connectivity index (χ1n) is 4.86. The van der Waals surface area contributed by atoms with Crippen LogP contribution in [0.25, 0.3) is 0 Å². The Morgan fingerprint density at radius 3 is 2.75 bits per heavy atom. The Kier molecular flexibility index (Phi) is 3.87. The standard InChI is InChI=1S/C8H14N2O5S/c1-5(8(12)13)16(14,15)10-6-3-2-4-9-7(6)11/h5-6,10H,2-4H2,1H3,(H,9,11)(H,12,13). The Bertz CT molecular complexity index is 391. The lowest BCUT2D eigenvalue weighted by atomic mass is 10.1. The Hall–Kier alpha value is -1.15. The summed E-state index contributed by atoms with van der Waals surface area (Å²) in [4.78, 5) is 21.8. The fourth-order valence-electron chi connectivity index (χ4n) is 1.32. The van der Waals surface area contributed by atoms with Gasteiger partial charge in [0.25, 0.3) is 0 Å². The second-order valence-electron chi connectivity index (χ2n) is 3.63. The Labute approximate surface area is 93.3 Å². The van der Waals surface area contributed by atoms with Crippen molar-refractivity contribution in [2.45, 2.75) is 31.1 Å². The summed E-state index contributed by atoms with van der Waals surface area (Å²) in [6.07, 6.45) is 1.05. The number of piperidine rings is 1. The first-order chi connectivity index (χ1) is 7.34. The van der Waals surface area contributed by atoms with Gasteiger partial charge in [-0.1, -0.05) is 0 Å². The molecule has 3 N–H and O–H groups in total. The Morgan fingerprint density at radius 1 is 1.62 bits per heavy atom. The van der Waals surface area contributed by atoms with Crippen LogP contribution in [0.5, 0.6) is 0 Å². The molecule has 2 unspecified atom stereocenters. The second kappa shape index (κ2) is 4.79. The van der Waals surface area contributed by atoms with Crippen LogP contribution in [-0.4, -0.2) is 43.2 Å². The van der Waals surface area contributed by atoms with E-state index in [-0.39, 0.29) is 0 Å². The molecule has 0 bridgehead atoms. The maximum Gasteiger partial charge on any atom is 0.323 e. The van der Waals surface area contributed by atoms with Gasteiger partial charge in [0.2, 0.25) is 15.9 Å². The van der Waals surface area contributed by atoms with Crippen molar-refractivity contribution >= 4 is 21.9 Å². The highest BCUT2D eigenvalue weighted by molar-refractivity contribution is 7.90. The molecule has 0 aromatic heterocycles. The minimum atomic E-state index is -4.00. The summed E-state index contributed by atoms with van der Waals surface area (Å²) in [5.41, 5.74) is 0. The van der Waals surface area contributed by atoms with E-state index in [1.807, 2.05) is 0 Å². The summed E-state index contributed by atoms with van der Waals surface area (Å²) in [5.74, 6) is -1.85. The number of hydrogen-bond donors (Lipinski definition) is 3. The highest BCUT2D eigenvalue weighted by atomic mass is 32.2. The molecule has 8 heteroatoms. The van der Waals surface area contributed by atoms with E-state index in [1.54, 1.807) is 0 Å². The highest BCUT2D eigenvalue weighted by Crippen LogP contribution is 2.07. The molecule has 0 spiro atoms. The van der Waals surface area contributed by atoms with Crippen LogP contribution < -0.4 is 10.0 Å². The van der Waals surface area contributed by atoms with E-state index in [4.69, 9.17) is 5.11 Å². The summed E-state index contributed by atoms with van der Waals surface area (Å²) in [6, 6.07) is -0.861. The predicted molar refractivity (Wildman–Crippen MR) is 55.2 cm³/mol. The third-order valence-electron chi connectivity index (χ3n) is 2.41. The zero-order chi connectivity index (χ0) is 12.3. The van der Waals surface area contributed by atoms with E-state index in [0.29, 0.717) is 19.4 Å². The van der Waals surface area contributed by atoms with Crippen molar-refractivity contribution in [1.29, 1.82) is 0 Å². The van der Waals surface area contributed by atoms with Crippen LogP contribution in [0, 0.1) is 0 Å². The van der Waals surface area contributed by atoms with E-state index >= 15 is 0 Å². The number of carbonyl (C=O) groups is 2. The number of amides is 1. The van der Waals surface area contributed by atoms with E-state index in [0.717, 1.165) is 6.92 Å². The summed E-state index contributed by atoms with van der Waals surface area (Å²) in [7, 11) is -4.00. The number of carboxylic acid groups (broad SMARTS) is 1. The highest BCUT2D eigenvalue weighted by Gasteiger charge is 2.33. The van der Waals surface area contributed by atoms with Crippen LogP contribution in [0.15, 0.2) is 0 Å². The van der Waals surface area contributed by atoms with Gasteiger partial charge in [0, 0.05) is 6.54 Å². The third-order valence-corrected chi connectivity index (χ3v) is 4.15. The van der Waals surface area contributed by atoms with Crippen molar-refractivity contribution in [3.8, 4) is 0 Å². The van der Waals surface area contributed by atoms with E-state index in [1.165, 1.54) is 0 Å². The molecule has 92 valence electrons. The maximum absolute atomic E-state index is 11.5. The molecule has 0 aliphatic carbocycles. The van der Waals surface area contributed by atoms with Crippen LogP contribution in [0.3, 0.4) is 0 Å². The minimum absolute atomic E-state index is 0.386. The number of carboxylic acids is 1. The van der Waals surface area contributed by atoms with Crippen molar-refractivity contribution in [2.24, 2.45) is 0 Å². The predicted octanol–water partition coefficient (Wildman–Crippen LogP) is -1.34. The minimum Gasteiger partial charge on any atom is -0.480 e. The summed E-state index contributed by atoms with van der Waals surface area (Å²) < 4.78 is 25.1. The molecular weight excluding hydrogens is 236 g/mol. The Morgan fingerprint density at radius 2 is 2.25 bits per heavy atom. The lowest BCUT2D eigenvalue weighted by Gasteiger charge is -2.23. The molecular formula is C8H14N2O5S. The molecule has 1 aliphatic rings. The van der Waals surface area contributed by atoms with Gasteiger partial charge in [-0.2, -0.15) is 0 Å². The molecule has 1 saturated heterocycles. The number of rotatable bonds is 4. The average molecular weight is 250 g/mol. The van der Waals surface area contributed by atoms with Gasteiger partial charge < -0.3 is 10.4 Å². The summed E-state index contributed by atoms with van der Waals surface area (Å²) in [5, 5.41) is 9.54. The monoisotopic (exact) mass is 250 g/mol. The van der Waals surface area contributed by atoms with Crippen LogP contribution in [-0.2, 0) is 19.6 Å². The molecule has 0 aromatic carbocycles. The molecule has 16 heavy (non-hydrogen) atoms. The maximum atomic E-state index is 11.5. The van der Waals surface area contributed by atoms with Gasteiger partial charge in [-0.3, -0.25) is 9.59 Å². The van der Waals surface area contributed by atoms with Crippen LogP contribution in [0.4, 0.5) is 0 Å². The van der Waals surface area contributed by atoms with Gasteiger partial charge in [0.1, 0.15) is 6.04 Å². The number of sulfonamides is 1. The van der Waals surface area contributed by atoms with Crippen molar-refractivity contribution in [3.05, 3.63) is 0 Å². The molecule has 2 atom stereocenters. The zero-order valence-electron chi connectivity index (χ0n) is 8.76. The van der Waals surface area contributed by atoms with Gasteiger partial charge in [0.05, 0.1) is 0 Å². The van der Waals surface area contributed by atoms with Crippen molar-refractivity contribution in [1.82, 2.24) is 10.0 Å². The third kappa shape index (κ3) is 2.92. The molecule has 1 fully saturated rings. The van der Waals surface area contributed by atoms with Gasteiger partial charge in [-0.05, 0) is 19.8 Å². The number of carbonyl (C=O) groups excluding carboxylic acids is 1. The quantitative estimate of drug-likeness (QED) is 0.571. The van der Waals surface area contributed by atoms with E-state index in [2.05, 4.69) is 10.0 Å². The SMILES string of the molecule is CC(C(=O)O)S(=O)(=O)NC1CCCNC1=O. The fourth-order valence-corrected chi connectivity index (χ4v) is 2.41. The number of nitrogens with one attached hydrogen (secondary N) is 2. The lowest BCUT2D eigenvalue weighted by molar-refractivity contribution is -0.136. The largest absolute Gasteiger partial charge is 0.480 e. The van der Waals surface area contributed by atoms with E-state index < -0.39 is 33.2 Å². The molecule has 0 aromatic rings. The van der Waals surface area contributed by atoms with Gasteiger partial charge in [-0.15, -0.1) is 0 Å². The smallest absolute Gasteiger partial charge is 0.323 e. The van der Waals surface area contributed by atoms with Gasteiger partial charge >= 0.3 is 5.97 Å². The normalized spacial score (nSPS) is 23.6. The van der Waals surface area contributed by atoms with Gasteiger partial charge in [0.15, 0.2) is 5.25 Å². The fraction of sp³-hybridized carbons (Fsp3) is 0.750. The molecule has 1 heterocycles.